The molecule has 0 aromatic heterocycles. The molecule has 0 radical (unpaired) electrons. The van der Waals surface area contributed by atoms with Crippen LogP contribution in [0.15, 0.2) is 42.5 Å². The number of anilines is 1. The monoisotopic (exact) mass is 425 g/mol. The first kappa shape index (κ1) is 21.5. The van der Waals surface area contributed by atoms with Gasteiger partial charge in [0.25, 0.3) is 5.91 Å². The summed E-state index contributed by atoms with van der Waals surface area (Å²) in [6.45, 7) is 5.89. The van der Waals surface area contributed by atoms with Crippen molar-refractivity contribution in [3.63, 3.8) is 0 Å². The van der Waals surface area contributed by atoms with Gasteiger partial charge in [-0.1, -0.05) is 24.3 Å². The topological polar surface area (TPSA) is 74.3 Å². The van der Waals surface area contributed by atoms with Crippen LogP contribution in [-0.2, 0) is 0 Å². The molecule has 1 fully saturated rings. The van der Waals surface area contributed by atoms with E-state index < -0.39 is 6.10 Å². The number of hydrogen-bond acceptors (Lipinski definition) is 6. The van der Waals surface area contributed by atoms with E-state index in [1.54, 1.807) is 19.2 Å². The molecule has 7 nitrogen and oxygen atoms in total. The number of carbonyl (C=O) groups excluding carboxylic acids is 1. The van der Waals surface area contributed by atoms with Gasteiger partial charge in [0.1, 0.15) is 11.5 Å². The van der Waals surface area contributed by atoms with Crippen molar-refractivity contribution in [3.8, 4) is 11.5 Å². The van der Waals surface area contributed by atoms with Crippen molar-refractivity contribution < 1.29 is 19.4 Å². The summed E-state index contributed by atoms with van der Waals surface area (Å²) in [7, 11) is 1.71. The highest BCUT2D eigenvalue weighted by molar-refractivity contribution is 5.97. The van der Waals surface area contributed by atoms with Gasteiger partial charge < -0.3 is 24.8 Å². The second-order valence-corrected chi connectivity index (χ2v) is 7.99. The summed E-state index contributed by atoms with van der Waals surface area (Å²) in [6.07, 6.45) is 0.882. The van der Waals surface area contributed by atoms with Gasteiger partial charge in [-0.15, -0.1) is 0 Å². The zero-order valence-electron chi connectivity index (χ0n) is 18.0. The number of rotatable bonds is 7. The Morgan fingerprint density at radius 1 is 1.16 bits per heavy atom. The summed E-state index contributed by atoms with van der Waals surface area (Å²) < 4.78 is 11.2. The van der Waals surface area contributed by atoms with Gasteiger partial charge in [-0.25, -0.2) is 0 Å². The number of aliphatic hydroxyl groups excluding tert-OH is 1. The molecule has 1 saturated heterocycles. The van der Waals surface area contributed by atoms with Gasteiger partial charge in [-0.2, -0.15) is 0 Å². The van der Waals surface area contributed by atoms with Crippen molar-refractivity contribution in [1.29, 1.82) is 0 Å². The molecule has 2 N–H and O–H groups in total. The number of fused-ring (bicyclic) bond motifs is 1. The highest BCUT2D eigenvalue weighted by Gasteiger charge is 2.24. The second-order valence-electron chi connectivity index (χ2n) is 7.99. The number of para-hydroxylation sites is 3. The molecule has 1 amide bonds. The normalized spacial score (nSPS) is 18.8. The first-order valence-electron chi connectivity index (χ1n) is 11.0. The smallest absolute Gasteiger partial charge is 0.255 e. The lowest BCUT2D eigenvalue weighted by Crippen LogP contribution is -2.47. The van der Waals surface area contributed by atoms with Crippen LogP contribution in [0.4, 0.5) is 5.69 Å². The van der Waals surface area contributed by atoms with Crippen molar-refractivity contribution in [2.75, 3.05) is 57.9 Å². The van der Waals surface area contributed by atoms with Gasteiger partial charge in [0.2, 0.25) is 0 Å². The average Bonchev–Trinajstić information content (AvgIpc) is 2.82. The molecule has 0 bridgehead atoms. The van der Waals surface area contributed by atoms with Crippen LogP contribution in [-0.4, -0.2) is 68.9 Å². The first-order valence-corrected chi connectivity index (χ1v) is 11.0. The van der Waals surface area contributed by atoms with Crippen molar-refractivity contribution in [2.45, 2.75) is 18.9 Å². The predicted molar refractivity (Wildman–Crippen MR) is 120 cm³/mol. The third-order valence-corrected chi connectivity index (χ3v) is 6.02. The van der Waals surface area contributed by atoms with Crippen LogP contribution in [0, 0.1) is 0 Å². The van der Waals surface area contributed by atoms with Gasteiger partial charge in [0.15, 0.2) is 0 Å². The molecular weight excluding hydrogens is 394 g/mol. The van der Waals surface area contributed by atoms with E-state index in [0.29, 0.717) is 36.4 Å². The number of carbonyl (C=O) groups is 1. The van der Waals surface area contributed by atoms with E-state index >= 15 is 0 Å². The van der Waals surface area contributed by atoms with Gasteiger partial charge >= 0.3 is 0 Å². The fourth-order valence-corrected chi connectivity index (χ4v) is 4.29. The van der Waals surface area contributed by atoms with E-state index in [0.717, 1.165) is 50.6 Å². The molecule has 31 heavy (non-hydrogen) atoms. The fourth-order valence-electron chi connectivity index (χ4n) is 4.29. The zero-order valence-corrected chi connectivity index (χ0v) is 18.0. The van der Waals surface area contributed by atoms with Gasteiger partial charge in [-0.3, -0.25) is 9.69 Å². The number of benzene rings is 2. The number of piperazine rings is 1. The minimum atomic E-state index is -0.564. The van der Waals surface area contributed by atoms with Crippen LogP contribution >= 0.6 is 0 Å². The van der Waals surface area contributed by atoms with Gasteiger partial charge in [0, 0.05) is 44.7 Å². The van der Waals surface area contributed by atoms with Gasteiger partial charge in [-0.05, 0) is 31.2 Å². The molecule has 2 aliphatic rings. The summed E-state index contributed by atoms with van der Waals surface area (Å²) in [5, 5.41) is 13.1. The maximum Gasteiger partial charge on any atom is 0.255 e. The Morgan fingerprint density at radius 3 is 2.77 bits per heavy atom. The van der Waals surface area contributed by atoms with Crippen molar-refractivity contribution in [1.82, 2.24) is 10.2 Å². The number of methoxy groups -OCH3 is 1. The van der Waals surface area contributed by atoms with E-state index in [9.17, 15) is 9.90 Å². The SMILES string of the molecule is COc1ccccc1N1CCN(CCCNC(=O)c2cccc3c2OCC[C@@H]3O)CC1. The predicted octanol–water partition coefficient (Wildman–Crippen LogP) is 2.45. The largest absolute Gasteiger partial charge is 0.495 e. The van der Waals surface area contributed by atoms with Crippen molar-refractivity contribution >= 4 is 11.6 Å². The highest BCUT2D eigenvalue weighted by Crippen LogP contribution is 2.34. The number of nitrogens with one attached hydrogen (secondary N) is 1. The Morgan fingerprint density at radius 2 is 1.97 bits per heavy atom. The molecule has 7 heteroatoms. The van der Waals surface area contributed by atoms with Crippen molar-refractivity contribution in [2.24, 2.45) is 0 Å². The van der Waals surface area contributed by atoms with Crippen LogP contribution in [0.5, 0.6) is 11.5 Å². The van der Waals surface area contributed by atoms with Crippen LogP contribution in [0.1, 0.15) is 34.9 Å². The quantitative estimate of drug-likeness (QED) is 0.664. The highest BCUT2D eigenvalue weighted by atomic mass is 16.5. The molecule has 0 spiro atoms. The third kappa shape index (κ3) is 4.94. The summed E-state index contributed by atoms with van der Waals surface area (Å²) in [6, 6.07) is 13.5. The number of hydrogen-bond donors (Lipinski definition) is 2. The van der Waals surface area contributed by atoms with E-state index in [-0.39, 0.29) is 5.91 Å². The van der Waals surface area contributed by atoms with Crippen LogP contribution in [0.25, 0.3) is 0 Å². The standard InChI is InChI=1S/C24H31N3O4/c1-30-22-9-3-2-8-20(22)27-15-13-26(14-16-27)12-5-11-25-24(29)19-7-4-6-18-21(28)10-17-31-23(18)19/h2-4,6-9,21,28H,5,10-17H2,1H3,(H,25,29)/t21-/m0/s1. The lowest BCUT2D eigenvalue weighted by molar-refractivity contribution is 0.0932. The minimum absolute atomic E-state index is 0.146. The molecule has 4 rings (SSSR count). The molecule has 2 heterocycles. The number of ether oxygens (including phenoxy) is 2. The molecule has 0 saturated carbocycles. The molecule has 2 aliphatic heterocycles. The summed E-state index contributed by atoms with van der Waals surface area (Å²) in [4.78, 5) is 17.4. The molecule has 0 aliphatic carbocycles. The Balaban J connectivity index is 1.22. The van der Waals surface area contributed by atoms with Gasteiger partial charge in [0.05, 0.1) is 31.1 Å². The Kier molecular flexibility index (Phi) is 6.94. The number of nitrogens with zero attached hydrogens (tertiary/aromatic N) is 2. The van der Waals surface area contributed by atoms with E-state index in [1.807, 2.05) is 24.3 Å². The maximum absolute atomic E-state index is 12.6. The zero-order chi connectivity index (χ0) is 21.6. The Bertz CT molecular complexity index is 896. The molecule has 1 atom stereocenters. The maximum atomic E-state index is 12.6. The fraction of sp³-hybridized carbons (Fsp3) is 0.458. The molecule has 166 valence electrons. The number of aliphatic hydroxyl groups is 1. The Labute approximate surface area is 183 Å². The van der Waals surface area contributed by atoms with E-state index in [4.69, 9.17) is 9.47 Å². The lowest BCUT2D eigenvalue weighted by Gasteiger charge is -2.36. The lowest BCUT2D eigenvalue weighted by atomic mass is 9.99. The van der Waals surface area contributed by atoms with E-state index in [2.05, 4.69) is 21.2 Å². The summed E-state index contributed by atoms with van der Waals surface area (Å²) in [5.74, 6) is 1.29. The second kappa shape index (κ2) is 10.0. The van der Waals surface area contributed by atoms with E-state index in [1.165, 1.54) is 0 Å². The average molecular weight is 426 g/mol. The Hall–Kier alpha value is -2.77. The van der Waals surface area contributed by atoms with Crippen LogP contribution in [0.3, 0.4) is 0 Å². The summed E-state index contributed by atoms with van der Waals surface area (Å²) in [5.41, 5.74) is 2.35. The van der Waals surface area contributed by atoms with Crippen molar-refractivity contribution in [3.05, 3.63) is 53.6 Å². The molecule has 2 aromatic carbocycles. The third-order valence-electron chi connectivity index (χ3n) is 6.02. The minimum Gasteiger partial charge on any atom is -0.495 e. The number of amides is 1. The molecular formula is C24H31N3O4. The van der Waals surface area contributed by atoms with Crippen LogP contribution < -0.4 is 19.7 Å². The first-order chi connectivity index (χ1) is 15.2. The summed E-state index contributed by atoms with van der Waals surface area (Å²) >= 11 is 0. The van der Waals surface area contributed by atoms with Crippen LogP contribution in [0.2, 0.25) is 0 Å². The molecule has 0 unspecified atom stereocenters. The molecule has 2 aromatic rings.